The van der Waals surface area contributed by atoms with Crippen molar-refractivity contribution < 1.29 is 29.3 Å². The molecule has 0 unspecified atom stereocenters. The van der Waals surface area contributed by atoms with Crippen molar-refractivity contribution in [1.82, 2.24) is 9.97 Å². The highest BCUT2D eigenvalue weighted by atomic mass is 19.1. The van der Waals surface area contributed by atoms with Crippen LogP contribution in [0.15, 0.2) is 18.2 Å². The summed E-state index contributed by atoms with van der Waals surface area (Å²) in [6, 6.07) is 4.31. The number of aromatic nitrogens is 2. The van der Waals surface area contributed by atoms with Gasteiger partial charge in [0, 0.05) is 42.9 Å². The van der Waals surface area contributed by atoms with Crippen molar-refractivity contribution in [3.63, 3.8) is 0 Å². The molecule has 0 fully saturated rings. The highest BCUT2D eigenvalue weighted by Crippen LogP contribution is 2.44. The first kappa shape index (κ1) is 23.1. The highest BCUT2D eigenvalue weighted by molar-refractivity contribution is 5.73. The van der Waals surface area contributed by atoms with Gasteiger partial charge in [-0.25, -0.2) is 19.4 Å². The average Bonchev–Trinajstić information content (AvgIpc) is 2.70. The van der Waals surface area contributed by atoms with Crippen molar-refractivity contribution in [2.24, 2.45) is 0 Å². The maximum Gasteiger partial charge on any atom is 0.250 e. The molecular weight excluding hydrogens is 405 g/mol. The minimum atomic E-state index is -1.40. The fraction of sp³-hybridized carbons (Fsp3) is 0.500. The number of halogens is 1. The zero-order valence-corrected chi connectivity index (χ0v) is 18.0. The summed E-state index contributed by atoms with van der Waals surface area (Å²) in [5.74, 6) is -2.00. The Morgan fingerprint density at radius 2 is 2.06 bits per heavy atom. The van der Waals surface area contributed by atoms with Gasteiger partial charge in [0.1, 0.15) is 5.82 Å². The molecule has 0 radical (unpaired) electrons. The quantitative estimate of drug-likeness (QED) is 0.599. The number of hydrogen-bond acceptors (Lipinski definition) is 8. The number of benzene rings is 1. The number of anilines is 1. The Bertz CT molecular complexity index is 968. The molecule has 0 spiro atoms. The Morgan fingerprint density at radius 3 is 2.68 bits per heavy atom. The van der Waals surface area contributed by atoms with E-state index in [0.717, 1.165) is 11.3 Å². The van der Waals surface area contributed by atoms with Gasteiger partial charge < -0.3 is 20.1 Å². The summed E-state index contributed by atoms with van der Waals surface area (Å²) in [5, 5.41) is 33.1. The van der Waals surface area contributed by atoms with Crippen LogP contribution in [0.25, 0.3) is 11.3 Å². The van der Waals surface area contributed by atoms with Crippen molar-refractivity contribution >= 4 is 11.9 Å². The average molecular weight is 432 g/mol. The number of carboxylic acids is 1. The number of aliphatic hydroxyl groups is 2. The van der Waals surface area contributed by atoms with Crippen molar-refractivity contribution in [2.45, 2.75) is 57.2 Å². The molecular formula is C22H27FN3O5-. The number of hydroxylamine groups is 1. The first-order chi connectivity index (χ1) is 14.6. The van der Waals surface area contributed by atoms with Crippen LogP contribution in [0, 0.1) is 5.82 Å². The molecule has 1 heterocycles. The molecule has 0 saturated heterocycles. The van der Waals surface area contributed by atoms with Gasteiger partial charge in [0.25, 0.3) is 0 Å². The maximum atomic E-state index is 14.1. The first-order valence-electron chi connectivity index (χ1n) is 10.2. The van der Waals surface area contributed by atoms with Gasteiger partial charge in [-0.15, -0.1) is 0 Å². The normalized spacial score (nSPS) is 17.1. The highest BCUT2D eigenvalue weighted by Gasteiger charge is 2.35. The number of hydrogen-bond donors (Lipinski definition) is 2. The molecule has 1 aliphatic carbocycles. The van der Waals surface area contributed by atoms with Crippen LogP contribution in [0.2, 0.25) is 0 Å². The van der Waals surface area contributed by atoms with Gasteiger partial charge >= 0.3 is 0 Å². The van der Waals surface area contributed by atoms with E-state index in [1.165, 1.54) is 24.3 Å². The van der Waals surface area contributed by atoms with Crippen LogP contribution < -0.4 is 10.2 Å². The van der Waals surface area contributed by atoms with E-state index in [2.05, 4.69) is 9.97 Å². The van der Waals surface area contributed by atoms with Gasteiger partial charge in [0.2, 0.25) is 5.95 Å². The van der Waals surface area contributed by atoms with Crippen LogP contribution in [0.4, 0.5) is 10.3 Å². The van der Waals surface area contributed by atoms with Gasteiger partial charge in [-0.2, -0.15) is 0 Å². The molecule has 31 heavy (non-hydrogen) atoms. The molecule has 3 rings (SSSR count). The number of fused-ring (bicyclic) bond motifs is 3. The minimum Gasteiger partial charge on any atom is -0.550 e. The molecule has 0 aliphatic heterocycles. The number of aliphatic carboxylic acids is 1. The van der Waals surface area contributed by atoms with Gasteiger partial charge in [-0.3, -0.25) is 4.84 Å². The first-order valence-corrected chi connectivity index (χ1v) is 10.2. The van der Waals surface area contributed by atoms with E-state index in [1.54, 1.807) is 13.1 Å². The van der Waals surface area contributed by atoms with Crippen molar-refractivity contribution in [3.05, 3.63) is 40.8 Å². The molecule has 0 saturated carbocycles. The van der Waals surface area contributed by atoms with Crippen LogP contribution in [0.3, 0.4) is 0 Å². The Labute approximate surface area is 180 Å². The lowest BCUT2D eigenvalue weighted by atomic mass is 9.75. The predicted octanol–water partition coefficient (Wildman–Crippen LogP) is 1.30. The molecule has 8 nitrogen and oxygen atoms in total. The summed E-state index contributed by atoms with van der Waals surface area (Å²) in [5.41, 5.74) is 3.48. The summed E-state index contributed by atoms with van der Waals surface area (Å²) >= 11 is 0. The molecule has 1 aliphatic rings. The lowest BCUT2D eigenvalue weighted by molar-refractivity contribution is -0.307. The van der Waals surface area contributed by atoms with Crippen LogP contribution >= 0.6 is 0 Å². The molecule has 1 aromatic heterocycles. The SMILES string of the molecule is CON(C)c1nc2c(c(C(C)C)n1)C[C@H]([C@@H](O)C[C@@H](O)CC(=O)[O-])c1cc(F)ccc1-2. The largest absolute Gasteiger partial charge is 0.550 e. The fourth-order valence-electron chi connectivity index (χ4n) is 4.06. The van der Waals surface area contributed by atoms with Crippen molar-refractivity contribution in [3.8, 4) is 11.3 Å². The van der Waals surface area contributed by atoms with Crippen LogP contribution in [-0.4, -0.2) is 52.5 Å². The van der Waals surface area contributed by atoms with Gasteiger partial charge in [-0.1, -0.05) is 13.8 Å². The van der Waals surface area contributed by atoms with E-state index in [-0.39, 0.29) is 12.3 Å². The Balaban J connectivity index is 2.10. The Morgan fingerprint density at radius 1 is 1.35 bits per heavy atom. The lowest BCUT2D eigenvalue weighted by Crippen LogP contribution is -2.33. The summed E-state index contributed by atoms with van der Waals surface area (Å²) in [6.45, 7) is 3.99. The van der Waals surface area contributed by atoms with E-state index in [4.69, 9.17) is 4.84 Å². The topological polar surface area (TPSA) is 119 Å². The minimum absolute atomic E-state index is 0.0456. The van der Waals surface area contributed by atoms with E-state index in [0.29, 0.717) is 29.2 Å². The van der Waals surface area contributed by atoms with E-state index < -0.39 is 36.3 Å². The van der Waals surface area contributed by atoms with Crippen molar-refractivity contribution in [2.75, 3.05) is 19.2 Å². The van der Waals surface area contributed by atoms with Gasteiger partial charge in [-0.05, 0) is 36.1 Å². The Hall–Kier alpha value is -2.62. The molecule has 0 amide bonds. The molecule has 1 aromatic carbocycles. The van der Waals surface area contributed by atoms with Crippen LogP contribution in [0.1, 0.15) is 55.3 Å². The predicted molar refractivity (Wildman–Crippen MR) is 110 cm³/mol. The molecule has 168 valence electrons. The standard InChI is InChI=1S/C22H28FN3O5/c1-11(2)20-17-10-16(18(28)8-13(27)9-19(29)30)15-7-12(23)5-6-14(15)21(17)25-22(24-20)26(3)31-4/h5-7,11,13,16,18,27-28H,8-10H2,1-4H3,(H,29,30)/p-1/t13-,16+,18+/m1/s1. The zero-order chi connectivity index (χ0) is 22.9. The number of aliphatic hydroxyl groups excluding tert-OH is 2. The summed E-state index contributed by atoms with van der Waals surface area (Å²) in [6.07, 6.45) is -2.79. The number of carbonyl (C=O) groups excluding carboxylic acids is 1. The summed E-state index contributed by atoms with van der Waals surface area (Å²) in [4.78, 5) is 25.3. The number of nitrogens with zero attached hydrogens (tertiary/aromatic N) is 3. The summed E-state index contributed by atoms with van der Waals surface area (Å²) in [7, 11) is 3.19. The maximum absolute atomic E-state index is 14.1. The molecule has 2 N–H and O–H groups in total. The third kappa shape index (κ3) is 4.84. The van der Waals surface area contributed by atoms with E-state index in [1.807, 2.05) is 13.8 Å². The molecule has 9 heteroatoms. The van der Waals surface area contributed by atoms with Crippen LogP contribution in [-0.2, 0) is 16.1 Å². The Kier molecular flexibility index (Phi) is 6.88. The third-order valence-corrected chi connectivity index (χ3v) is 5.60. The zero-order valence-electron chi connectivity index (χ0n) is 18.0. The van der Waals surface area contributed by atoms with Crippen molar-refractivity contribution in [1.29, 1.82) is 0 Å². The van der Waals surface area contributed by atoms with Gasteiger partial charge in [0.15, 0.2) is 0 Å². The van der Waals surface area contributed by atoms with E-state index >= 15 is 0 Å². The fourth-order valence-corrected chi connectivity index (χ4v) is 4.06. The lowest BCUT2D eigenvalue weighted by Gasteiger charge is -2.33. The number of carbonyl (C=O) groups is 1. The third-order valence-electron chi connectivity index (χ3n) is 5.60. The second-order valence-corrected chi connectivity index (χ2v) is 8.15. The smallest absolute Gasteiger partial charge is 0.250 e. The molecule has 2 aromatic rings. The second kappa shape index (κ2) is 9.25. The van der Waals surface area contributed by atoms with Gasteiger partial charge in [0.05, 0.1) is 30.7 Å². The van der Waals surface area contributed by atoms with E-state index in [9.17, 15) is 24.5 Å². The molecule has 0 bridgehead atoms. The number of rotatable bonds is 8. The number of carboxylic acid groups (broad SMARTS) is 1. The monoisotopic (exact) mass is 432 g/mol. The second-order valence-electron chi connectivity index (χ2n) is 8.15. The van der Waals surface area contributed by atoms with Crippen LogP contribution in [0.5, 0.6) is 0 Å². The molecule has 3 atom stereocenters. The summed E-state index contributed by atoms with van der Waals surface area (Å²) < 4.78 is 14.1.